The third-order valence-corrected chi connectivity index (χ3v) is 4.60. The van der Waals surface area contributed by atoms with Gasteiger partial charge in [0, 0.05) is 18.0 Å². The highest BCUT2D eigenvalue weighted by atomic mass is 79.9. The van der Waals surface area contributed by atoms with Crippen molar-refractivity contribution in [2.75, 3.05) is 20.8 Å². The first kappa shape index (κ1) is 21.6. The molecule has 0 fully saturated rings. The van der Waals surface area contributed by atoms with E-state index < -0.39 is 17.9 Å². The van der Waals surface area contributed by atoms with Gasteiger partial charge in [-0.05, 0) is 58.7 Å². The summed E-state index contributed by atoms with van der Waals surface area (Å²) < 4.78 is 16.5. The number of hydrogen-bond acceptors (Lipinski definition) is 6. The predicted octanol–water partition coefficient (Wildman–Crippen LogP) is 2.48. The lowest BCUT2D eigenvalue weighted by atomic mass is 10.0. The summed E-state index contributed by atoms with van der Waals surface area (Å²) in [6.45, 7) is 2.31. The quantitative estimate of drug-likeness (QED) is 0.630. The molecule has 1 atom stereocenters. The highest BCUT2D eigenvalue weighted by molar-refractivity contribution is 9.10. The maximum atomic E-state index is 12.6. The number of benzene rings is 2. The number of carboxylic acids is 1. The Bertz CT molecular complexity index is 855. The molecule has 0 aliphatic rings. The number of amides is 1. The zero-order valence-corrected chi connectivity index (χ0v) is 17.4. The average Bonchev–Trinajstić information content (AvgIpc) is 2.67. The fraction of sp³-hybridized carbons (Fsp3) is 0.300. The van der Waals surface area contributed by atoms with E-state index in [0.717, 1.165) is 0 Å². The van der Waals surface area contributed by atoms with Crippen LogP contribution in [-0.2, 0) is 4.79 Å². The first-order chi connectivity index (χ1) is 13.4. The zero-order chi connectivity index (χ0) is 20.7. The molecule has 1 unspecified atom stereocenters. The molecule has 1 N–H and O–H groups in total. The van der Waals surface area contributed by atoms with Crippen molar-refractivity contribution in [2.45, 2.75) is 19.4 Å². The molecule has 1 amide bonds. The van der Waals surface area contributed by atoms with Gasteiger partial charge in [-0.2, -0.15) is 0 Å². The van der Waals surface area contributed by atoms with Crippen molar-refractivity contribution < 1.29 is 28.9 Å². The number of carboxylic acid groups (broad SMARTS) is 1. The van der Waals surface area contributed by atoms with Crippen LogP contribution >= 0.6 is 15.9 Å². The van der Waals surface area contributed by atoms with Gasteiger partial charge >= 0.3 is 0 Å². The molecule has 2 aromatic rings. The Labute approximate surface area is 171 Å². The van der Waals surface area contributed by atoms with Gasteiger partial charge in [0.05, 0.1) is 31.3 Å². The van der Waals surface area contributed by atoms with Gasteiger partial charge < -0.3 is 29.4 Å². The second-order valence-electron chi connectivity index (χ2n) is 5.79. The summed E-state index contributed by atoms with van der Waals surface area (Å²) in [6, 6.07) is 9.04. The van der Waals surface area contributed by atoms with Gasteiger partial charge in [0.15, 0.2) is 11.5 Å². The monoisotopic (exact) mass is 450 g/mol. The molecule has 0 spiro atoms. The van der Waals surface area contributed by atoms with Gasteiger partial charge in [-0.15, -0.1) is 0 Å². The SMILES string of the molecule is CCOc1ccc(C(CC(=O)[O-])NC(=O)c2ccc(OC)c(Br)c2)cc1OC. The number of carbonyl (C=O) groups excluding carboxylic acids is 2. The van der Waals surface area contributed by atoms with Crippen LogP contribution in [0.4, 0.5) is 0 Å². The van der Waals surface area contributed by atoms with Crippen molar-refractivity contribution in [3.05, 3.63) is 52.0 Å². The summed E-state index contributed by atoms with van der Waals surface area (Å²) in [5.41, 5.74) is 0.916. The molecule has 2 rings (SSSR count). The van der Waals surface area contributed by atoms with Crippen molar-refractivity contribution in [3.8, 4) is 17.2 Å². The van der Waals surface area contributed by atoms with Crippen LogP contribution < -0.4 is 24.6 Å². The van der Waals surface area contributed by atoms with E-state index in [2.05, 4.69) is 21.2 Å². The van der Waals surface area contributed by atoms with E-state index in [1.54, 1.807) is 36.4 Å². The molecule has 8 heteroatoms. The van der Waals surface area contributed by atoms with E-state index >= 15 is 0 Å². The van der Waals surface area contributed by atoms with E-state index in [0.29, 0.717) is 39.5 Å². The molecule has 0 bridgehead atoms. The molecule has 0 saturated heterocycles. The number of nitrogens with one attached hydrogen (secondary N) is 1. The van der Waals surface area contributed by atoms with Gasteiger partial charge in [0.2, 0.25) is 0 Å². The normalized spacial score (nSPS) is 11.4. The third kappa shape index (κ3) is 5.39. The topological polar surface area (TPSA) is 96.9 Å². The molecule has 0 aromatic heterocycles. The smallest absolute Gasteiger partial charge is 0.251 e. The Morgan fingerprint density at radius 3 is 2.32 bits per heavy atom. The Morgan fingerprint density at radius 2 is 1.75 bits per heavy atom. The van der Waals surface area contributed by atoms with Crippen LogP contribution in [0.2, 0.25) is 0 Å². The first-order valence-corrected chi connectivity index (χ1v) is 9.33. The van der Waals surface area contributed by atoms with Crippen LogP contribution in [0.3, 0.4) is 0 Å². The molecule has 2 aromatic carbocycles. The van der Waals surface area contributed by atoms with E-state index in [9.17, 15) is 14.7 Å². The molecule has 28 heavy (non-hydrogen) atoms. The third-order valence-electron chi connectivity index (χ3n) is 3.98. The second kappa shape index (κ2) is 9.98. The van der Waals surface area contributed by atoms with E-state index in [1.165, 1.54) is 14.2 Å². The highest BCUT2D eigenvalue weighted by Gasteiger charge is 2.19. The van der Waals surface area contributed by atoms with Crippen molar-refractivity contribution in [3.63, 3.8) is 0 Å². The Balaban J connectivity index is 2.30. The Hall–Kier alpha value is -2.74. The summed E-state index contributed by atoms with van der Waals surface area (Å²) in [7, 11) is 3.01. The standard InChI is InChI=1S/C20H22BrNO6/c1-4-28-17-8-5-12(10-18(17)27-3)15(11-19(23)24)22-20(25)13-6-7-16(26-2)14(21)9-13/h5-10,15H,4,11H2,1-3H3,(H,22,25)(H,23,24)/p-1. The number of halogens is 1. The summed E-state index contributed by atoms with van der Waals surface area (Å²) in [4.78, 5) is 23.9. The number of ether oxygens (including phenoxy) is 3. The lowest BCUT2D eigenvalue weighted by molar-refractivity contribution is -0.306. The molecule has 0 heterocycles. The minimum atomic E-state index is -1.28. The number of carbonyl (C=O) groups is 2. The lowest BCUT2D eigenvalue weighted by Crippen LogP contribution is -2.34. The van der Waals surface area contributed by atoms with Crippen LogP contribution in [0.25, 0.3) is 0 Å². The Morgan fingerprint density at radius 1 is 1.07 bits per heavy atom. The molecule has 7 nitrogen and oxygen atoms in total. The summed E-state index contributed by atoms with van der Waals surface area (Å²) in [5.74, 6) is -0.147. The molecular weight excluding hydrogens is 430 g/mol. The van der Waals surface area contributed by atoms with Crippen LogP contribution in [-0.4, -0.2) is 32.7 Å². The van der Waals surface area contributed by atoms with Gasteiger partial charge in [-0.25, -0.2) is 0 Å². The molecule has 0 aliphatic heterocycles. The number of methoxy groups -OCH3 is 2. The fourth-order valence-corrected chi connectivity index (χ4v) is 3.18. The largest absolute Gasteiger partial charge is 0.550 e. The highest BCUT2D eigenvalue weighted by Crippen LogP contribution is 2.32. The Kier molecular flexibility index (Phi) is 7.69. The molecule has 0 saturated carbocycles. The molecule has 150 valence electrons. The van der Waals surface area contributed by atoms with Crippen LogP contribution in [0.1, 0.15) is 35.3 Å². The van der Waals surface area contributed by atoms with Crippen LogP contribution in [0.5, 0.6) is 17.2 Å². The van der Waals surface area contributed by atoms with Gasteiger partial charge in [0.1, 0.15) is 5.75 Å². The van der Waals surface area contributed by atoms with E-state index in [1.807, 2.05) is 6.92 Å². The van der Waals surface area contributed by atoms with E-state index in [-0.39, 0.29) is 6.42 Å². The van der Waals surface area contributed by atoms with Crippen molar-refractivity contribution >= 4 is 27.8 Å². The second-order valence-corrected chi connectivity index (χ2v) is 6.65. The minimum Gasteiger partial charge on any atom is -0.550 e. The lowest BCUT2D eigenvalue weighted by Gasteiger charge is -2.21. The number of rotatable bonds is 9. The fourth-order valence-electron chi connectivity index (χ4n) is 2.64. The summed E-state index contributed by atoms with van der Waals surface area (Å²) >= 11 is 3.33. The van der Waals surface area contributed by atoms with Crippen molar-refractivity contribution in [2.24, 2.45) is 0 Å². The van der Waals surface area contributed by atoms with E-state index in [4.69, 9.17) is 14.2 Å². The maximum Gasteiger partial charge on any atom is 0.251 e. The minimum absolute atomic E-state index is 0.355. The van der Waals surface area contributed by atoms with Crippen molar-refractivity contribution in [1.29, 1.82) is 0 Å². The van der Waals surface area contributed by atoms with Crippen molar-refractivity contribution in [1.82, 2.24) is 5.32 Å². The van der Waals surface area contributed by atoms with Gasteiger partial charge in [-0.1, -0.05) is 6.07 Å². The number of hydrogen-bond donors (Lipinski definition) is 1. The average molecular weight is 451 g/mol. The zero-order valence-electron chi connectivity index (χ0n) is 15.8. The molecular formula is C20H21BrNO6-. The van der Waals surface area contributed by atoms with Gasteiger partial charge in [0.25, 0.3) is 5.91 Å². The maximum absolute atomic E-state index is 12.6. The predicted molar refractivity (Wildman–Crippen MR) is 105 cm³/mol. The molecule has 0 radical (unpaired) electrons. The molecule has 0 aliphatic carbocycles. The summed E-state index contributed by atoms with van der Waals surface area (Å²) in [5, 5.41) is 14.0. The van der Waals surface area contributed by atoms with Crippen LogP contribution in [0, 0.1) is 0 Å². The van der Waals surface area contributed by atoms with Gasteiger partial charge in [-0.3, -0.25) is 4.79 Å². The van der Waals surface area contributed by atoms with Crippen LogP contribution in [0.15, 0.2) is 40.9 Å². The number of aliphatic carboxylic acids is 1. The first-order valence-electron chi connectivity index (χ1n) is 8.54. The summed E-state index contributed by atoms with van der Waals surface area (Å²) in [6.07, 6.45) is -0.389.